The zero-order valence-corrected chi connectivity index (χ0v) is 13.4. The van der Waals surface area contributed by atoms with E-state index in [1.807, 2.05) is 13.2 Å². The van der Waals surface area contributed by atoms with Crippen molar-refractivity contribution in [1.82, 2.24) is 10.6 Å². The number of nitrogens with one attached hydrogen (secondary N) is 2. The van der Waals surface area contributed by atoms with Gasteiger partial charge in [0.1, 0.15) is 5.54 Å². The number of thioether (sulfide) groups is 1. The molecule has 0 radical (unpaired) electrons. The summed E-state index contributed by atoms with van der Waals surface area (Å²) in [5, 5.41) is 15.0. The fraction of sp³-hybridized carbons (Fsp3) is 0.857. The Balaban J connectivity index is 2.59. The first-order valence-corrected chi connectivity index (χ1v) is 8.64. The standard InChI is InChI=1S/C14H26N2O3S/c1-4-11-5-7-14(8-6-11,12(17)18)16-13(19)15-10(2)9-20-3/h10-11H,4-9H2,1-3H3,(H,17,18)(H2,15,16,19). The Morgan fingerprint density at radius 3 is 2.45 bits per heavy atom. The zero-order valence-electron chi connectivity index (χ0n) is 12.6. The minimum atomic E-state index is -1.09. The number of hydrogen-bond acceptors (Lipinski definition) is 3. The van der Waals surface area contributed by atoms with Crippen LogP contribution < -0.4 is 10.6 Å². The highest BCUT2D eigenvalue weighted by Gasteiger charge is 2.43. The summed E-state index contributed by atoms with van der Waals surface area (Å²) in [5.41, 5.74) is -1.09. The molecule has 0 aromatic carbocycles. The van der Waals surface area contributed by atoms with Gasteiger partial charge in [-0.05, 0) is 44.8 Å². The Bertz CT molecular complexity index is 341. The molecule has 1 fully saturated rings. The Hall–Kier alpha value is -0.910. The van der Waals surface area contributed by atoms with E-state index in [2.05, 4.69) is 17.6 Å². The van der Waals surface area contributed by atoms with E-state index in [0.29, 0.717) is 18.8 Å². The minimum Gasteiger partial charge on any atom is -0.480 e. The largest absolute Gasteiger partial charge is 0.480 e. The van der Waals surface area contributed by atoms with E-state index in [1.54, 1.807) is 11.8 Å². The van der Waals surface area contributed by atoms with Crippen molar-refractivity contribution in [2.75, 3.05) is 12.0 Å². The van der Waals surface area contributed by atoms with Crippen LogP contribution in [0.5, 0.6) is 0 Å². The number of carbonyl (C=O) groups is 2. The van der Waals surface area contributed by atoms with Gasteiger partial charge in [0, 0.05) is 11.8 Å². The molecule has 1 aliphatic rings. The molecular weight excluding hydrogens is 276 g/mol. The van der Waals surface area contributed by atoms with Crippen LogP contribution in [0, 0.1) is 5.92 Å². The second-order valence-corrected chi connectivity index (χ2v) is 6.60. The molecule has 20 heavy (non-hydrogen) atoms. The predicted octanol–water partition coefficient (Wildman–Crippen LogP) is 2.46. The first-order chi connectivity index (χ1) is 9.43. The van der Waals surface area contributed by atoms with E-state index in [9.17, 15) is 14.7 Å². The molecule has 0 heterocycles. The van der Waals surface area contributed by atoms with Crippen LogP contribution in [0.2, 0.25) is 0 Å². The first-order valence-electron chi connectivity index (χ1n) is 7.24. The van der Waals surface area contributed by atoms with Gasteiger partial charge in [0.05, 0.1) is 0 Å². The Labute approximate surface area is 125 Å². The molecule has 1 saturated carbocycles. The topological polar surface area (TPSA) is 78.4 Å². The van der Waals surface area contributed by atoms with E-state index in [1.165, 1.54) is 0 Å². The monoisotopic (exact) mass is 302 g/mol. The van der Waals surface area contributed by atoms with E-state index in [4.69, 9.17) is 0 Å². The number of hydrogen-bond donors (Lipinski definition) is 3. The highest BCUT2D eigenvalue weighted by molar-refractivity contribution is 7.98. The van der Waals surface area contributed by atoms with Gasteiger partial charge in [-0.2, -0.15) is 11.8 Å². The number of carbonyl (C=O) groups excluding carboxylic acids is 1. The van der Waals surface area contributed by atoms with Gasteiger partial charge >= 0.3 is 12.0 Å². The second kappa shape index (κ2) is 7.76. The molecule has 1 aliphatic carbocycles. The van der Waals surface area contributed by atoms with Crippen molar-refractivity contribution in [1.29, 1.82) is 0 Å². The highest BCUT2D eigenvalue weighted by atomic mass is 32.2. The summed E-state index contributed by atoms with van der Waals surface area (Å²) in [6.07, 6.45) is 5.82. The summed E-state index contributed by atoms with van der Waals surface area (Å²) in [7, 11) is 0. The zero-order chi connectivity index (χ0) is 15.2. The molecule has 0 bridgehead atoms. The number of carboxylic acid groups (broad SMARTS) is 1. The molecular formula is C14H26N2O3S. The number of amides is 2. The summed E-state index contributed by atoms with van der Waals surface area (Å²) in [5.74, 6) is 0.480. The van der Waals surface area contributed by atoms with E-state index >= 15 is 0 Å². The maximum atomic E-state index is 12.0. The van der Waals surface area contributed by atoms with Crippen molar-refractivity contribution in [2.45, 2.75) is 57.5 Å². The van der Waals surface area contributed by atoms with Crippen molar-refractivity contribution in [2.24, 2.45) is 5.92 Å². The van der Waals surface area contributed by atoms with Gasteiger partial charge < -0.3 is 15.7 Å². The average molecular weight is 302 g/mol. The minimum absolute atomic E-state index is 0.0304. The molecule has 1 unspecified atom stereocenters. The molecule has 6 heteroatoms. The van der Waals surface area contributed by atoms with Crippen molar-refractivity contribution in [3.8, 4) is 0 Å². The van der Waals surface area contributed by atoms with Gasteiger partial charge in [-0.1, -0.05) is 13.3 Å². The third-order valence-corrected chi connectivity index (χ3v) is 4.93. The molecule has 3 N–H and O–H groups in total. The maximum absolute atomic E-state index is 12.0. The molecule has 0 saturated heterocycles. The third kappa shape index (κ3) is 4.58. The van der Waals surface area contributed by atoms with Gasteiger partial charge in [0.25, 0.3) is 0 Å². The fourth-order valence-electron chi connectivity index (χ4n) is 2.74. The van der Waals surface area contributed by atoms with Gasteiger partial charge in [-0.3, -0.25) is 0 Å². The first kappa shape index (κ1) is 17.1. The van der Waals surface area contributed by atoms with Crippen LogP contribution >= 0.6 is 11.8 Å². The Kier molecular flexibility index (Phi) is 6.65. The van der Waals surface area contributed by atoms with Crippen LogP contribution in [0.25, 0.3) is 0 Å². The van der Waals surface area contributed by atoms with Crippen LogP contribution in [0.15, 0.2) is 0 Å². The van der Waals surface area contributed by atoms with Crippen molar-refractivity contribution in [3.63, 3.8) is 0 Å². The van der Waals surface area contributed by atoms with Crippen LogP contribution in [0.3, 0.4) is 0 Å². The van der Waals surface area contributed by atoms with Gasteiger partial charge in [0.15, 0.2) is 0 Å². The summed E-state index contributed by atoms with van der Waals surface area (Å²) >= 11 is 1.65. The summed E-state index contributed by atoms with van der Waals surface area (Å²) < 4.78 is 0. The molecule has 2 amide bonds. The summed E-state index contributed by atoms with van der Waals surface area (Å²) in [4.78, 5) is 23.5. The third-order valence-electron chi connectivity index (χ3n) is 4.09. The fourth-order valence-corrected chi connectivity index (χ4v) is 3.32. The number of urea groups is 1. The number of aliphatic carboxylic acids is 1. The van der Waals surface area contributed by atoms with Crippen LogP contribution in [0.1, 0.15) is 46.0 Å². The summed E-state index contributed by atoms with van der Waals surface area (Å²) in [6, 6.07) is -0.341. The van der Waals surface area contributed by atoms with Crippen LogP contribution in [-0.4, -0.2) is 40.7 Å². The molecule has 0 aromatic rings. The van der Waals surface area contributed by atoms with Crippen LogP contribution in [0.4, 0.5) is 4.79 Å². The normalized spacial score (nSPS) is 27.6. The molecule has 116 valence electrons. The molecule has 1 atom stereocenters. The molecule has 0 aliphatic heterocycles. The SMILES string of the molecule is CCC1CCC(NC(=O)NC(C)CSC)(C(=O)O)CC1. The van der Waals surface area contributed by atoms with Gasteiger partial charge in [-0.25, -0.2) is 9.59 Å². The lowest BCUT2D eigenvalue weighted by Gasteiger charge is -2.37. The molecule has 0 spiro atoms. The summed E-state index contributed by atoms with van der Waals surface area (Å²) in [6.45, 7) is 4.04. The predicted molar refractivity (Wildman–Crippen MR) is 82.1 cm³/mol. The smallest absolute Gasteiger partial charge is 0.329 e. The van der Waals surface area contributed by atoms with Gasteiger partial charge in [0.2, 0.25) is 0 Å². The number of carboxylic acids is 1. The quantitative estimate of drug-likeness (QED) is 0.704. The van der Waals surface area contributed by atoms with Gasteiger partial charge in [-0.15, -0.1) is 0 Å². The van der Waals surface area contributed by atoms with E-state index in [0.717, 1.165) is 25.0 Å². The van der Waals surface area contributed by atoms with Crippen molar-refractivity contribution >= 4 is 23.8 Å². The van der Waals surface area contributed by atoms with Crippen molar-refractivity contribution < 1.29 is 14.7 Å². The molecule has 1 rings (SSSR count). The van der Waals surface area contributed by atoms with Crippen molar-refractivity contribution in [3.05, 3.63) is 0 Å². The number of rotatable bonds is 6. The second-order valence-electron chi connectivity index (χ2n) is 5.69. The molecule has 5 nitrogen and oxygen atoms in total. The van der Waals surface area contributed by atoms with E-state index < -0.39 is 11.5 Å². The van der Waals surface area contributed by atoms with E-state index in [-0.39, 0.29) is 12.1 Å². The molecule has 0 aromatic heterocycles. The maximum Gasteiger partial charge on any atom is 0.329 e. The highest BCUT2D eigenvalue weighted by Crippen LogP contribution is 2.33. The lowest BCUT2D eigenvalue weighted by molar-refractivity contribution is -0.146. The Morgan fingerprint density at radius 2 is 2.00 bits per heavy atom. The average Bonchev–Trinajstić information content (AvgIpc) is 2.39. The Morgan fingerprint density at radius 1 is 1.40 bits per heavy atom. The lowest BCUT2D eigenvalue weighted by Crippen LogP contribution is -2.59. The lowest BCUT2D eigenvalue weighted by atomic mass is 9.75. The van der Waals surface area contributed by atoms with Crippen LogP contribution in [-0.2, 0) is 4.79 Å².